The molecule has 4 aliphatic rings. The van der Waals surface area contributed by atoms with E-state index in [9.17, 15) is 5.11 Å². The van der Waals surface area contributed by atoms with E-state index >= 15 is 0 Å². The molecule has 5 heterocycles. The summed E-state index contributed by atoms with van der Waals surface area (Å²) in [5.74, 6) is 2.55. The van der Waals surface area contributed by atoms with Crippen LogP contribution in [0.5, 0.6) is 5.75 Å². The molecule has 2 aromatic heterocycles. The molecule has 0 aromatic carbocycles. The first-order chi connectivity index (χ1) is 17.4. The van der Waals surface area contributed by atoms with Gasteiger partial charge in [0.05, 0.1) is 35.4 Å². The number of ether oxygens (including phenoxy) is 2. The minimum Gasteiger partial charge on any atom is -0.486 e. The van der Waals surface area contributed by atoms with E-state index in [-0.39, 0.29) is 12.1 Å². The van der Waals surface area contributed by atoms with Crippen LogP contribution >= 0.6 is 11.8 Å². The topological polar surface area (TPSA) is 83.8 Å². The number of pyridine rings is 1. The Morgan fingerprint density at radius 2 is 1.89 bits per heavy atom. The largest absolute Gasteiger partial charge is 0.486 e. The summed E-state index contributed by atoms with van der Waals surface area (Å²) < 4.78 is 12.3. The maximum absolute atomic E-state index is 10.2. The van der Waals surface area contributed by atoms with Crippen molar-refractivity contribution in [1.82, 2.24) is 15.0 Å². The summed E-state index contributed by atoms with van der Waals surface area (Å²) in [5.41, 5.74) is 1.88. The summed E-state index contributed by atoms with van der Waals surface area (Å²) in [7, 11) is 2.15. The maximum atomic E-state index is 10.2. The van der Waals surface area contributed by atoms with Crippen molar-refractivity contribution in [3.8, 4) is 5.75 Å². The zero-order valence-electron chi connectivity index (χ0n) is 21.6. The van der Waals surface area contributed by atoms with Crippen LogP contribution in [0.25, 0.3) is 0 Å². The van der Waals surface area contributed by atoms with Gasteiger partial charge in [-0.2, -0.15) is 0 Å². The van der Waals surface area contributed by atoms with E-state index < -0.39 is 0 Å². The fraction of sp³-hybridized carbons (Fsp3) is 0.667. The highest BCUT2D eigenvalue weighted by molar-refractivity contribution is 7.99. The van der Waals surface area contributed by atoms with Gasteiger partial charge in [0.1, 0.15) is 17.3 Å². The lowest BCUT2D eigenvalue weighted by atomic mass is 9.77. The average Bonchev–Trinajstić information content (AvgIpc) is 3.51. The number of piperidine rings is 1. The predicted molar refractivity (Wildman–Crippen MR) is 140 cm³/mol. The zero-order valence-corrected chi connectivity index (χ0v) is 22.4. The summed E-state index contributed by atoms with van der Waals surface area (Å²) in [5, 5.41) is 11.0. The molecule has 1 aliphatic carbocycles. The third-order valence-corrected chi connectivity index (χ3v) is 9.97. The van der Waals surface area contributed by atoms with Crippen molar-refractivity contribution in [1.29, 1.82) is 0 Å². The van der Waals surface area contributed by atoms with Gasteiger partial charge in [-0.1, -0.05) is 24.6 Å². The van der Waals surface area contributed by atoms with Crippen molar-refractivity contribution in [3.63, 3.8) is 0 Å². The Bertz CT molecular complexity index is 1130. The third-order valence-electron chi connectivity index (χ3n) is 8.85. The monoisotopic (exact) mass is 511 g/mol. The van der Waals surface area contributed by atoms with Gasteiger partial charge >= 0.3 is 0 Å². The molecular formula is C27H37N5O3S. The molecule has 3 fully saturated rings. The van der Waals surface area contributed by atoms with E-state index in [2.05, 4.69) is 28.8 Å². The summed E-state index contributed by atoms with van der Waals surface area (Å²) in [6, 6.07) is 1.99. The van der Waals surface area contributed by atoms with Gasteiger partial charge in [-0.25, -0.2) is 15.0 Å². The number of aryl methyl sites for hydroxylation is 1. The molecule has 194 valence electrons. The Labute approximate surface area is 217 Å². The molecule has 1 saturated carbocycles. The molecule has 36 heavy (non-hydrogen) atoms. The highest BCUT2D eigenvalue weighted by Gasteiger charge is 2.44. The van der Waals surface area contributed by atoms with Crippen LogP contribution in [0.3, 0.4) is 0 Å². The lowest BCUT2D eigenvalue weighted by molar-refractivity contribution is 0.0975. The number of aliphatic hydroxyl groups excluding tert-OH is 1. The van der Waals surface area contributed by atoms with Crippen LogP contribution in [0.4, 0.5) is 11.6 Å². The second-order valence-electron chi connectivity index (χ2n) is 11.2. The highest BCUT2D eigenvalue weighted by atomic mass is 32.2. The molecule has 3 aliphatic heterocycles. The van der Waals surface area contributed by atoms with E-state index in [1.165, 1.54) is 12.8 Å². The standard InChI is InChI=1S/C27H37N5O3S/c1-18-14-26(16-34-18)9-12-32(13-10-26)23-20(15-33)30-25(19(2)29-23)36-21-6-11-28-24-22(21)35-17-27(31(24)3)7-4-5-8-27/h6,11,18,33H,4-5,7-10,12-17H2,1-3H3/t18-/m0/s1. The summed E-state index contributed by atoms with van der Waals surface area (Å²) >= 11 is 1.55. The first kappa shape index (κ1) is 24.2. The number of nitrogens with zero attached hydrogens (tertiary/aromatic N) is 5. The normalized spacial score (nSPS) is 24.4. The van der Waals surface area contributed by atoms with E-state index in [0.29, 0.717) is 23.8 Å². The molecule has 8 nitrogen and oxygen atoms in total. The molecule has 0 unspecified atom stereocenters. The van der Waals surface area contributed by atoms with Crippen LogP contribution in [-0.4, -0.2) is 65.1 Å². The first-order valence-corrected chi connectivity index (χ1v) is 14.1. The third kappa shape index (κ3) is 4.13. The second-order valence-corrected chi connectivity index (χ2v) is 12.2. The van der Waals surface area contributed by atoms with Crippen molar-refractivity contribution in [2.45, 2.75) is 87.0 Å². The fourth-order valence-corrected chi connectivity index (χ4v) is 7.52. The van der Waals surface area contributed by atoms with Gasteiger partial charge in [0.15, 0.2) is 17.4 Å². The molecule has 1 N–H and O–H groups in total. The highest BCUT2D eigenvalue weighted by Crippen LogP contribution is 2.48. The van der Waals surface area contributed by atoms with Gasteiger partial charge in [0, 0.05) is 26.3 Å². The Hall–Kier alpha value is -2.10. The molecule has 0 bridgehead atoms. The van der Waals surface area contributed by atoms with Crippen molar-refractivity contribution < 1.29 is 14.6 Å². The number of hydrogen-bond acceptors (Lipinski definition) is 9. The number of fused-ring (bicyclic) bond motifs is 1. The molecule has 2 aromatic rings. The van der Waals surface area contributed by atoms with Crippen LogP contribution in [0.15, 0.2) is 22.2 Å². The van der Waals surface area contributed by atoms with Crippen LogP contribution in [0, 0.1) is 12.3 Å². The molecule has 0 radical (unpaired) electrons. The van der Waals surface area contributed by atoms with Crippen LogP contribution in [0.1, 0.15) is 63.3 Å². The van der Waals surface area contributed by atoms with E-state index in [1.807, 2.05) is 19.2 Å². The maximum Gasteiger partial charge on any atom is 0.175 e. The van der Waals surface area contributed by atoms with Gasteiger partial charge in [-0.05, 0) is 57.4 Å². The van der Waals surface area contributed by atoms with Crippen molar-refractivity contribution in [3.05, 3.63) is 23.7 Å². The van der Waals surface area contributed by atoms with E-state index in [0.717, 1.165) is 84.8 Å². The Balaban J connectivity index is 1.23. The van der Waals surface area contributed by atoms with Crippen LogP contribution in [0.2, 0.25) is 0 Å². The smallest absolute Gasteiger partial charge is 0.175 e. The molecule has 2 spiro atoms. The van der Waals surface area contributed by atoms with Gasteiger partial charge in [0.2, 0.25) is 0 Å². The predicted octanol–water partition coefficient (Wildman–Crippen LogP) is 4.36. The van der Waals surface area contributed by atoms with Crippen LogP contribution in [-0.2, 0) is 11.3 Å². The van der Waals surface area contributed by atoms with E-state index in [1.54, 1.807) is 11.8 Å². The molecule has 9 heteroatoms. The number of aromatic nitrogens is 3. The fourth-order valence-electron chi connectivity index (χ4n) is 6.59. The lowest BCUT2D eigenvalue weighted by Gasteiger charge is -2.44. The lowest BCUT2D eigenvalue weighted by Crippen LogP contribution is -2.52. The van der Waals surface area contributed by atoms with Crippen molar-refractivity contribution in [2.75, 3.05) is 43.2 Å². The Morgan fingerprint density at radius 1 is 1.11 bits per heavy atom. The number of aliphatic hydroxyl groups is 1. The minimum absolute atomic E-state index is 0.0698. The average molecular weight is 512 g/mol. The van der Waals surface area contributed by atoms with Crippen LogP contribution < -0.4 is 14.5 Å². The van der Waals surface area contributed by atoms with Gasteiger partial charge in [0.25, 0.3) is 0 Å². The molecule has 6 rings (SSSR count). The molecule has 1 atom stereocenters. The number of anilines is 2. The second kappa shape index (κ2) is 9.33. The number of likely N-dealkylation sites (N-methyl/N-ethyl adjacent to an activating group) is 1. The van der Waals surface area contributed by atoms with Gasteiger partial charge in [-0.3, -0.25) is 0 Å². The Morgan fingerprint density at radius 3 is 2.58 bits per heavy atom. The first-order valence-electron chi connectivity index (χ1n) is 13.3. The molecule has 2 saturated heterocycles. The SMILES string of the molecule is Cc1nc(N2CCC3(CC2)CO[C@@H](C)C3)c(CO)nc1Sc1ccnc2c1OCC1(CCCC1)N2C. The Kier molecular flexibility index (Phi) is 6.29. The number of rotatable bonds is 4. The molecular weight excluding hydrogens is 474 g/mol. The van der Waals surface area contributed by atoms with Gasteiger partial charge < -0.3 is 24.4 Å². The van der Waals surface area contributed by atoms with Gasteiger partial charge in [-0.15, -0.1) is 0 Å². The van der Waals surface area contributed by atoms with E-state index in [4.69, 9.17) is 19.4 Å². The van der Waals surface area contributed by atoms with Crippen molar-refractivity contribution >= 4 is 23.4 Å². The summed E-state index contributed by atoms with van der Waals surface area (Å²) in [4.78, 5) is 20.2. The minimum atomic E-state index is -0.131. The number of hydrogen-bond donors (Lipinski definition) is 1. The summed E-state index contributed by atoms with van der Waals surface area (Å²) in [6.07, 6.45) is 10.3. The molecule has 0 amide bonds. The summed E-state index contributed by atoms with van der Waals surface area (Å²) in [6.45, 7) is 7.45. The zero-order chi connectivity index (χ0) is 24.9. The van der Waals surface area contributed by atoms with Crippen molar-refractivity contribution in [2.24, 2.45) is 5.41 Å². The quantitative estimate of drug-likeness (QED) is 0.644.